The molecule has 2 N–H and O–H groups in total. The Labute approximate surface area is 127 Å². The Hall–Kier alpha value is -2.33. The van der Waals surface area contributed by atoms with E-state index in [4.69, 9.17) is 11.6 Å². The SMILES string of the molecule is Cc1cc(Cl)ccc1NC(=O)N/C=C/c1ccccc1F. The van der Waals surface area contributed by atoms with Gasteiger partial charge in [-0.2, -0.15) is 0 Å². The van der Waals surface area contributed by atoms with Crippen LogP contribution in [-0.2, 0) is 0 Å². The normalized spacial score (nSPS) is 10.6. The first-order chi connectivity index (χ1) is 10.1. The molecule has 2 rings (SSSR count). The predicted molar refractivity (Wildman–Crippen MR) is 83.8 cm³/mol. The molecule has 2 amide bonds. The molecule has 5 heteroatoms. The van der Waals surface area contributed by atoms with Crippen molar-refractivity contribution in [3.63, 3.8) is 0 Å². The Bertz CT molecular complexity index is 686. The second-order valence-corrected chi connectivity index (χ2v) is 4.85. The highest BCUT2D eigenvalue weighted by Gasteiger charge is 2.03. The highest BCUT2D eigenvalue weighted by molar-refractivity contribution is 6.30. The Morgan fingerprint density at radius 3 is 2.71 bits per heavy atom. The molecule has 0 aliphatic carbocycles. The number of halogens is 2. The largest absolute Gasteiger partial charge is 0.323 e. The summed E-state index contributed by atoms with van der Waals surface area (Å²) in [5, 5.41) is 5.81. The zero-order valence-electron chi connectivity index (χ0n) is 11.4. The smallest absolute Gasteiger partial charge is 0.314 e. The number of carbonyl (C=O) groups excluding carboxylic acids is 1. The minimum atomic E-state index is -0.409. The molecule has 0 fully saturated rings. The van der Waals surface area contributed by atoms with E-state index in [-0.39, 0.29) is 5.82 Å². The molecule has 0 aliphatic heterocycles. The van der Waals surface area contributed by atoms with E-state index < -0.39 is 6.03 Å². The van der Waals surface area contributed by atoms with E-state index in [2.05, 4.69) is 10.6 Å². The van der Waals surface area contributed by atoms with E-state index >= 15 is 0 Å². The second-order valence-electron chi connectivity index (χ2n) is 4.41. The maximum atomic E-state index is 13.4. The van der Waals surface area contributed by atoms with E-state index in [1.165, 1.54) is 18.3 Å². The quantitative estimate of drug-likeness (QED) is 0.856. The highest BCUT2D eigenvalue weighted by Crippen LogP contribution is 2.19. The van der Waals surface area contributed by atoms with Gasteiger partial charge in [-0.3, -0.25) is 0 Å². The van der Waals surface area contributed by atoms with E-state index in [1.807, 2.05) is 6.92 Å². The Balaban J connectivity index is 1.95. The maximum Gasteiger partial charge on any atom is 0.323 e. The molecule has 0 unspecified atom stereocenters. The fourth-order valence-corrected chi connectivity index (χ4v) is 1.97. The summed E-state index contributed by atoms with van der Waals surface area (Å²) in [5.41, 5.74) is 1.92. The molecule has 3 nitrogen and oxygen atoms in total. The van der Waals surface area contributed by atoms with Crippen LogP contribution >= 0.6 is 11.6 Å². The van der Waals surface area contributed by atoms with E-state index in [0.29, 0.717) is 16.3 Å². The first kappa shape index (κ1) is 15.1. The molecule has 2 aromatic carbocycles. The molecule has 108 valence electrons. The number of amides is 2. The van der Waals surface area contributed by atoms with Gasteiger partial charge in [0.25, 0.3) is 0 Å². The third-order valence-corrected chi connectivity index (χ3v) is 3.05. The van der Waals surface area contributed by atoms with Gasteiger partial charge in [-0.25, -0.2) is 9.18 Å². The molecule has 0 bridgehead atoms. The van der Waals surface area contributed by atoms with Crippen LogP contribution in [0.2, 0.25) is 5.02 Å². The first-order valence-corrected chi connectivity index (χ1v) is 6.69. The minimum Gasteiger partial charge on any atom is -0.314 e. The van der Waals surface area contributed by atoms with Crippen LogP contribution in [0.15, 0.2) is 48.7 Å². The van der Waals surface area contributed by atoms with Crippen LogP contribution < -0.4 is 10.6 Å². The monoisotopic (exact) mass is 304 g/mol. The Morgan fingerprint density at radius 2 is 2.00 bits per heavy atom. The van der Waals surface area contributed by atoms with Crippen molar-refractivity contribution in [3.05, 3.63) is 70.6 Å². The molecule has 21 heavy (non-hydrogen) atoms. The molecule has 0 atom stereocenters. The van der Waals surface area contributed by atoms with Gasteiger partial charge in [0, 0.05) is 22.5 Å². The Morgan fingerprint density at radius 1 is 1.24 bits per heavy atom. The third kappa shape index (κ3) is 4.33. The summed E-state index contributed by atoms with van der Waals surface area (Å²) in [5.74, 6) is -0.343. The fourth-order valence-electron chi connectivity index (χ4n) is 1.74. The van der Waals surface area contributed by atoms with Gasteiger partial charge >= 0.3 is 6.03 Å². The number of hydrogen-bond donors (Lipinski definition) is 2. The van der Waals surface area contributed by atoms with Gasteiger partial charge in [0.15, 0.2) is 0 Å². The fraction of sp³-hybridized carbons (Fsp3) is 0.0625. The molecule has 0 spiro atoms. The lowest BCUT2D eigenvalue weighted by Gasteiger charge is -2.08. The average molecular weight is 305 g/mol. The van der Waals surface area contributed by atoms with Crippen LogP contribution in [0.4, 0.5) is 14.9 Å². The summed E-state index contributed by atoms with van der Waals surface area (Å²) in [7, 11) is 0. The van der Waals surface area contributed by atoms with Gasteiger partial charge in [0.05, 0.1) is 0 Å². The summed E-state index contributed by atoms with van der Waals surface area (Å²) < 4.78 is 13.4. The molecular weight excluding hydrogens is 291 g/mol. The van der Waals surface area contributed by atoms with Gasteiger partial charge < -0.3 is 10.6 Å². The Kier molecular flexibility index (Phi) is 4.95. The van der Waals surface area contributed by atoms with Crippen molar-refractivity contribution in [2.75, 3.05) is 5.32 Å². The van der Waals surface area contributed by atoms with E-state index in [9.17, 15) is 9.18 Å². The number of anilines is 1. The van der Waals surface area contributed by atoms with Gasteiger partial charge in [0.2, 0.25) is 0 Å². The van der Waals surface area contributed by atoms with Crippen molar-refractivity contribution in [2.45, 2.75) is 6.92 Å². The number of benzene rings is 2. The van der Waals surface area contributed by atoms with Crippen molar-refractivity contribution < 1.29 is 9.18 Å². The van der Waals surface area contributed by atoms with Crippen molar-refractivity contribution in [2.24, 2.45) is 0 Å². The average Bonchev–Trinajstić information content (AvgIpc) is 2.44. The molecule has 0 heterocycles. The number of rotatable bonds is 3. The van der Waals surface area contributed by atoms with Crippen molar-refractivity contribution in [1.82, 2.24) is 5.32 Å². The van der Waals surface area contributed by atoms with Crippen LogP contribution in [0, 0.1) is 12.7 Å². The molecule has 0 radical (unpaired) electrons. The van der Waals surface area contributed by atoms with Crippen LogP contribution in [-0.4, -0.2) is 6.03 Å². The first-order valence-electron chi connectivity index (χ1n) is 6.31. The number of urea groups is 1. The number of hydrogen-bond acceptors (Lipinski definition) is 1. The standard InChI is InChI=1S/C16H14ClFN2O/c1-11-10-13(17)6-7-15(11)20-16(21)19-9-8-12-4-2-3-5-14(12)18/h2-10H,1H3,(H2,19,20,21)/b9-8+. The third-order valence-electron chi connectivity index (χ3n) is 2.82. The number of aryl methyl sites for hydroxylation is 1. The molecule has 2 aromatic rings. The lowest BCUT2D eigenvalue weighted by molar-refractivity contribution is 0.255. The number of carbonyl (C=O) groups is 1. The van der Waals surface area contributed by atoms with E-state index in [0.717, 1.165) is 5.56 Å². The van der Waals surface area contributed by atoms with Crippen LogP contribution in [0.5, 0.6) is 0 Å². The van der Waals surface area contributed by atoms with Gasteiger partial charge in [-0.1, -0.05) is 29.8 Å². The topological polar surface area (TPSA) is 41.1 Å². The molecule has 0 saturated heterocycles. The maximum absolute atomic E-state index is 13.4. The lowest BCUT2D eigenvalue weighted by atomic mass is 10.2. The summed E-state index contributed by atoms with van der Waals surface area (Å²) in [6.07, 6.45) is 2.88. The summed E-state index contributed by atoms with van der Waals surface area (Å²) in [6.45, 7) is 1.84. The van der Waals surface area contributed by atoms with Crippen LogP contribution in [0.3, 0.4) is 0 Å². The zero-order chi connectivity index (χ0) is 15.2. The van der Waals surface area contributed by atoms with Crippen LogP contribution in [0.1, 0.15) is 11.1 Å². The number of nitrogens with one attached hydrogen (secondary N) is 2. The molecule has 0 saturated carbocycles. The van der Waals surface area contributed by atoms with Crippen molar-refractivity contribution in [3.8, 4) is 0 Å². The summed E-state index contributed by atoms with van der Waals surface area (Å²) >= 11 is 5.84. The van der Waals surface area contributed by atoms with E-state index in [1.54, 1.807) is 36.4 Å². The highest BCUT2D eigenvalue weighted by atomic mass is 35.5. The second kappa shape index (κ2) is 6.90. The van der Waals surface area contributed by atoms with Gasteiger partial charge in [-0.05, 0) is 42.8 Å². The van der Waals surface area contributed by atoms with Gasteiger partial charge in [-0.15, -0.1) is 0 Å². The lowest BCUT2D eigenvalue weighted by Crippen LogP contribution is -2.24. The molecule has 0 aliphatic rings. The molecular formula is C16H14ClFN2O. The van der Waals surface area contributed by atoms with Crippen LogP contribution in [0.25, 0.3) is 6.08 Å². The zero-order valence-corrected chi connectivity index (χ0v) is 12.1. The molecule has 0 aromatic heterocycles. The predicted octanol–water partition coefficient (Wildman–Crippen LogP) is 4.58. The van der Waals surface area contributed by atoms with Crippen molar-refractivity contribution >= 4 is 29.4 Å². The summed E-state index contributed by atoms with van der Waals surface area (Å²) in [4.78, 5) is 11.7. The van der Waals surface area contributed by atoms with Gasteiger partial charge in [0.1, 0.15) is 5.82 Å². The van der Waals surface area contributed by atoms with Crippen molar-refractivity contribution in [1.29, 1.82) is 0 Å². The minimum absolute atomic E-state index is 0.343. The summed E-state index contributed by atoms with van der Waals surface area (Å²) in [6, 6.07) is 11.1.